The maximum Gasteiger partial charge on any atom is 0.120 e. The number of benzene rings is 1. The third kappa shape index (κ3) is 2.64. The topological polar surface area (TPSA) is 45.1 Å². The number of phenols is 1. The van der Waals surface area contributed by atoms with Gasteiger partial charge in [-0.3, -0.25) is 4.98 Å². The zero-order valence-corrected chi connectivity index (χ0v) is 9.28. The molecule has 3 nitrogen and oxygen atoms in total. The summed E-state index contributed by atoms with van der Waals surface area (Å²) in [6, 6.07) is 8.98. The largest absolute Gasteiger partial charge is 0.508 e. The van der Waals surface area contributed by atoms with Crippen molar-refractivity contribution in [3.63, 3.8) is 0 Å². The van der Waals surface area contributed by atoms with Gasteiger partial charge in [0.1, 0.15) is 5.75 Å². The number of nitrogens with one attached hydrogen (secondary N) is 1. The van der Waals surface area contributed by atoms with Crippen molar-refractivity contribution in [2.75, 3.05) is 5.32 Å². The first-order chi connectivity index (χ1) is 7.75. The molecule has 1 aromatic carbocycles. The van der Waals surface area contributed by atoms with Gasteiger partial charge < -0.3 is 10.4 Å². The number of aromatic hydroxyl groups is 1. The van der Waals surface area contributed by atoms with E-state index in [2.05, 4.69) is 10.3 Å². The van der Waals surface area contributed by atoms with Crippen LogP contribution in [0.25, 0.3) is 0 Å². The molecular weight excluding hydrogens is 224 g/mol. The Morgan fingerprint density at radius 3 is 2.81 bits per heavy atom. The SMILES string of the molecule is Oc1ccccc1CNc1cncc(Cl)c1. The minimum Gasteiger partial charge on any atom is -0.508 e. The molecule has 0 fully saturated rings. The number of hydrogen-bond acceptors (Lipinski definition) is 3. The lowest BCUT2D eigenvalue weighted by atomic mass is 10.2. The van der Waals surface area contributed by atoms with Crippen LogP contribution in [0.4, 0.5) is 5.69 Å². The summed E-state index contributed by atoms with van der Waals surface area (Å²) in [5.41, 5.74) is 1.67. The second-order valence-electron chi connectivity index (χ2n) is 3.37. The molecule has 0 aliphatic heterocycles. The predicted octanol–water partition coefficient (Wildman–Crippen LogP) is 3.05. The second-order valence-corrected chi connectivity index (χ2v) is 3.81. The molecule has 1 aromatic heterocycles. The third-order valence-corrected chi connectivity index (χ3v) is 2.39. The number of phenolic OH excluding ortho intramolecular Hbond substituents is 1. The van der Waals surface area contributed by atoms with Crippen LogP contribution in [-0.2, 0) is 6.54 Å². The summed E-state index contributed by atoms with van der Waals surface area (Å²) in [7, 11) is 0. The van der Waals surface area contributed by atoms with Crippen molar-refractivity contribution in [1.82, 2.24) is 4.98 Å². The summed E-state index contributed by atoms with van der Waals surface area (Å²) in [5, 5.41) is 13.3. The highest BCUT2D eigenvalue weighted by atomic mass is 35.5. The summed E-state index contributed by atoms with van der Waals surface area (Å²) in [5.74, 6) is 0.282. The van der Waals surface area contributed by atoms with Gasteiger partial charge in [0.05, 0.1) is 16.9 Å². The highest BCUT2D eigenvalue weighted by Crippen LogP contribution is 2.18. The summed E-state index contributed by atoms with van der Waals surface area (Å²) < 4.78 is 0. The smallest absolute Gasteiger partial charge is 0.120 e. The minimum atomic E-state index is 0.282. The minimum absolute atomic E-state index is 0.282. The van der Waals surface area contributed by atoms with E-state index in [4.69, 9.17) is 11.6 Å². The highest BCUT2D eigenvalue weighted by Gasteiger charge is 1.99. The number of aromatic nitrogens is 1. The van der Waals surface area contributed by atoms with E-state index < -0.39 is 0 Å². The van der Waals surface area contributed by atoms with Crippen molar-refractivity contribution in [2.24, 2.45) is 0 Å². The first kappa shape index (κ1) is 10.8. The van der Waals surface area contributed by atoms with Gasteiger partial charge >= 0.3 is 0 Å². The van der Waals surface area contributed by atoms with E-state index in [1.165, 1.54) is 0 Å². The van der Waals surface area contributed by atoms with E-state index in [0.717, 1.165) is 11.3 Å². The molecule has 0 bridgehead atoms. The van der Waals surface area contributed by atoms with E-state index in [1.807, 2.05) is 12.1 Å². The highest BCUT2D eigenvalue weighted by molar-refractivity contribution is 6.30. The Morgan fingerprint density at radius 1 is 1.25 bits per heavy atom. The Kier molecular flexibility index (Phi) is 3.27. The molecule has 2 aromatic rings. The van der Waals surface area contributed by atoms with Crippen LogP contribution in [0.15, 0.2) is 42.7 Å². The van der Waals surface area contributed by atoms with Gasteiger partial charge in [-0.1, -0.05) is 29.8 Å². The molecule has 16 heavy (non-hydrogen) atoms. The van der Waals surface area contributed by atoms with Crippen LogP contribution < -0.4 is 5.32 Å². The van der Waals surface area contributed by atoms with Crippen LogP contribution in [0, 0.1) is 0 Å². The number of hydrogen-bond donors (Lipinski definition) is 2. The molecule has 82 valence electrons. The van der Waals surface area contributed by atoms with Crippen LogP contribution >= 0.6 is 11.6 Å². The lowest BCUT2D eigenvalue weighted by Crippen LogP contribution is -1.99. The van der Waals surface area contributed by atoms with Crippen molar-refractivity contribution >= 4 is 17.3 Å². The fourth-order valence-corrected chi connectivity index (χ4v) is 1.54. The van der Waals surface area contributed by atoms with E-state index in [0.29, 0.717) is 11.6 Å². The lowest BCUT2D eigenvalue weighted by Gasteiger charge is -2.07. The van der Waals surface area contributed by atoms with Crippen LogP contribution in [0.2, 0.25) is 5.02 Å². The third-order valence-electron chi connectivity index (χ3n) is 2.18. The number of anilines is 1. The Labute approximate surface area is 98.7 Å². The van der Waals surface area contributed by atoms with Crippen molar-refractivity contribution in [3.8, 4) is 5.75 Å². The number of pyridine rings is 1. The van der Waals surface area contributed by atoms with E-state index >= 15 is 0 Å². The Bertz CT molecular complexity index is 488. The molecule has 0 amide bonds. The predicted molar refractivity (Wildman–Crippen MR) is 64.7 cm³/mol. The van der Waals surface area contributed by atoms with Gasteiger partial charge in [-0.05, 0) is 12.1 Å². The molecule has 4 heteroatoms. The van der Waals surface area contributed by atoms with Gasteiger partial charge in [-0.25, -0.2) is 0 Å². The fraction of sp³-hybridized carbons (Fsp3) is 0.0833. The van der Waals surface area contributed by atoms with Gasteiger partial charge in [0, 0.05) is 18.3 Å². The number of rotatable bonds is 3. The molecule has 0 spiro atoms. The van der Waals surface area contributed by atoms with Crippen molar-refractivity contribution in [1.29, 1.82) is 0 Å². The van der Waals surface area contributed by atoms with Crippen LogP contribution in [0.1, 0.15) is 5.56 Å². The van der Waals surface area contributed by atoms with Gasteiger partial charge in [0.25, 0.3) is 0 Å². The molecule has 2 N–H and O–H groups in total. The fourth-order valence-electron chi connectivity index (χ4n) is 1.37. The van der Waals surface area contributed by atoms with E-state index in [-0.39, 0.29) is 5.75 Å². The second kappa shape index (κ2) is 4.86. The normalized spacial score (nSPS) is 10.1. The van der Waals surface area contributed by atoms with Gasteiger partial charge in [0.2, 0.25) is 0 Å². The summed E-state index contributed by atoms with van der Waals surface area (Å²) in [4.78, 5) is 3.96. The molecule has 0 unspecified atom stereocenters. The molecule has 0 radical (unpaired) electrons. The van der Waals surface area contributed by atoms with E-state index in [9.17, 15) is 5.11 Å². The van der Waals surface area contributed by atoms with Crippen LogP contribution in [0.3, 0.4) is 0 Å². The number of nitrogens with zero attached hydrogens (tertiary/aromatic N) is 1. The number of para-hydroxylation sites is 1. The lowest BCUT2D eigenvalue weighted by molar-refractivity contribution is 0.469. The van der Waals surface area contributed by atoms with Crippen molar-refractivity contribution < 1.29 is 5.11 Å². The van der Waals surface area contributed by atoms with E-state index in [1.54, 1.807) is 30.6 Å². The monoisotopic (exact) mass is 234 g/mol. The van der Waals surface area contributed by atoms with Crippen molar-refractivity contribution in [2.45, 2.75) is 6.54 Å². The average molecular weight is 235 g/mol. The molecule has 2 rings (SSSR count). The summed E-state index contributed by atoms with van der Waals surface area (Å²) in [6.45, 7) is 0.536. The molecule has 1 heterocycles. The van der Waals surface area contributed by atoms with Crippen LogP contribution in [-0.4, -0.2) is 10.1 Å². The molecule has 0 aliphatic carbocycles. The quantitative estimate of drug-likeness (QED) is 0.858. The van der Waals surface area contributed by atoms with Gasteiger partial charge in [-0.15, -0.1) is 0 Å². The molecule has 0 aliphatic rings. The zero-order valence-electron chi connectivity index (χ0n) is 8.52. The number of halogens is 1. The van der Waals surface area contributed by atoms with Gasteiger partial charge in [-0.2, -0.15) is 0 Å². The Morgan fingerprint density at radius 2 is 2.06 bits per heavy atom. The Balaban J connectivity index is 2.05. The molecule has 0 atom stereocenters. The van der Waals surface area contributed by atoms with Crippen LogP contribution in [0.5, 0.6) is 5.75 Å². The first-order valence-corrected chi connectivity index (χ1v) is 5.25. The molecule has 0 saturated carbocycles. The zero-order chi connectivity index (χ0) is 11.4. The Hall–Kier alpha value is -1.74. The maximum atomic E-state index is 9.56. The average Bonchev–Trinajstić information content (AvgIpc) is 2.28. The standard InChI is InChI=1S/C12H11ClN2O/c13-10-5-11(8-14-7-10)15-6-9-3-1-2-4-12(9)16/h1-5,7-8,15-16H,6H2. The summed E-state index contributed by atoms with van der Waals surface area (Å²) in [6.07, 6.45) is 3.26. The van der Waals surface area contributed by atoms with Crippen molar-refractivity contribution in [3.05, 3.63) is 53.3 Å². The molecule has 0 saturated heterocycles. The first-order valence-electron chi connectivity index (χ1n) is 4.87. The molecular formula is C12H11ClN2O. The van der Waals surface area contributed by atoms with Gasteiger partial charge in [0.15, 0.2) is 0 Å². The summed E-state index contributed by atoms with van der Waals surface area (Å²) >= 11 is 5.81. The maximum absolute atomic E-state index is 9.56.